The minimum absolute atomic E-state index is 0.113. The Hall–Kier alpha value is -2.93. The highest BCUT2D eigenvalue weighted by Crippen LogP contribution is 2.30. The molecule has 1 heterocycles. The van der Waals surface area contributed by atoms with E-state index in [1.54, 1.807) is 0 Å². The van der Waals surface area contributed by atoms with E-state index in [9.17, 15) is 19.7 Å². The number of anilines is 1. The summed E-state index contributed by atoms with van der Waals surface area (Å²) in [5.41, 5.74) is 12.0. The lowest BCUT2D eigenvalue weighted by Gasteiger charge is -2.11. The lowest BCUT2D eigenvalue weighted by molar-refractivity contribution is -0.380. The highest BCUT2D eigenvalue weighted by molar-refractivity contribution is 7.19. The first kappa shape index (κ1) is 23.3. The number of amides is 2. The van der Waals surface area contributed by atoms with Crippen LogP contribution in [0.2, 0.25) is 0 Å². The molecule has 2 aromatic rings. The molecule has 0 saturated heterocycles. The molecule has 11 nitrogen and oxygen atoms in total. The maximum absolute atomic E-state index is 12.7. The van der Waals surface area contributed by atoms with Gasteiger partial charge in [-0.2, -0.15) is 0 Å². The van der Waals surface area contributed by atoms with Crippen LogP contribution in [0.5, 0.6) is 0 Å². The molecule has 0 aliphatic carbocycles. The van der Waals surface area contributed by atoms with E-state index in [1.807, 2.05) is 0 Å². The zero-order chi connectivity index (χ0) is 22.1. The average Bonchev–Trinajstić information content (AvgIpc) is 3.07. The number of ether oxygens (including phenoxy) is 2. The molecule has 0 fully saturated rings. The van der Waals surface area contributed by atoms with E-state index < -0.39 is 16.7 Å². The Morgan fingerprint density at radius 3 is 2.53 bits per heavy atom. The quantitative estimate of drug-likeness (QED) is 0.253. The van der Waals surface area contributed by atoms with E-state index in [0.29, 0.717) is 43.9 Å². The van der Waals surface area contributed by atoms with Crippen LogP contribution in [0.1, 0.15) is 32.0 Å². The van der Waals surface area contributed by atoms with Gasteiger partial charge in [0, 0.05) is 17.7 Å². The zero-order valence-corrected chi connectivity index (χ0v) is 17.2. The van der Waals surface area contributed by atoms with Crippen molar-refractivity contribution >= 4 is 33.3 Å². The molecule has 0 aliphatic heterocycles. The third-order valence-electron chi connectivity index (χ3n) is 3.94. The summed E-state index contributed by atoms with van der Waals surface area (Å²) >= 11 is 0.772. The van der Waals surface area contributed by atoms with E-state index in [2.05, 4.69) is 10.3 Å². The molecule has 0 spiro atoms. The fraction of sp³-hybridized carbons (Fsp3) is 0.389. The van der Waals surface area contributed by atoms with Crippen molar-refractivity contribution in [2.24, 2.45) is 11.5 Å². The SMILES string of the molecule is Cc1nc(NC(=O)c2ccc(C(N)=O)cc2CCOCCOCCN)sc1[N+](=O)[O-]. The van der Waals surface area contributed by atoms with E-state index in [-0.39, 0.29) is 28.0 Å². The summed E-state index contributed by atoms with van der Waals surface area (Å²) in [5.74, 6) is -1.12. The van der Waals surface area contributed by atoms with Crippen LogP contribution in [0.15, 0.2) is 18.2 Å². The van der Waals surface area contributed by atoms with Gasteiger partial charge in [-0.25, -0.2) is 4.98 Å². The Morgan fingerprint density at radius 1 is 1.23 bits per heavy atom. The maximum Gasteiger partial charge on any atom is 0.348 e. The van der Waals surface area contributed by atoms with Crippen LogP contribution in [0.25, 0.3) is 0 Å². The molecule has 1 aromatic heterocycles. The van der Waals surface area contributed by atoms with Crippen LogP contribution in [0.3, 0.4) is 0 Å². The lowest BCUT2D eigenvalue weighted by Crippen LogP contribution is -2.18. The smallest absolute Gasteiger partial charge is 0.348 e. The molecule has 0 aliphatic rings. The van der Waals surface area contributed by atoms with Gasteiger partial charge in [0.05, 0.1) is 31.4 Å². The molecule has 0 radical (unpaired) electrons. The number of aryl methyl sites for hydroxylation is 1. The number of carbonyl (C=O) groups is 2. The summed E-state index contributed by atoms with van der Waals surface area (Å²) in [4.78, 5) is 38.6. The third kappa shape index (κ3) is 6.56. The minimum Gasteiger partial charge on any atom is -0.379 e. The van der Waals surface area contributed by atoms with Crippen molar-refractivity contribution in [2.45, 2.75) is 13.3 Å². The number of rotatable bonds is 12. The predicted octanol–water partition coefficient (Wildman–Crippen LogP) is 1.25. The van der Waals surface area contributed by atoms with Crippen LogP contribution in [0.4, 0.5) is 10.1 Å². The van der Waals surface area contributed by atoms with Gasteiger partial charge in [-0.15, -0.1) is 0 Å². The molecule has 30 heavy (non-hydrogen) atoms. The van der Waals surface area contributed by atoms with Crippen molar-refractivity contribution in [1.29, 1.82) is 0 Å². The molecule has 12 heteroatoms. The van der Waals surface area contributed by atoms with Gasteiger partial charge in [0.25, 0.3) is 5.91 Å². The summed E-state index contributed by atoms with van der Waals surface area (Å²) in [5, 5.41) is 13.5. The standard InChI is InChI=1S/C18H23N5O6S/c1-11-17(23(26)27)30-18(21-11)22-16(25)14-3-2-13(15(20)24)10-12(14)4-6-28-8-9-29-7-5-19/h2-3,10H,4-9,19H2,1H3,(H2,20,24)(H,21,22,25). The van der Waals surface area contributed by atoms with Crippen LogP contribution < -0.4 is 16.8 Å². The van der Waals surface area contributed by atoms with Gasteiger partial charge >= 0.3 is 5.00 Å². The monoisotopic (exact) mass is 437 g/mol. The predicted molar refractivity (Wildman–Crippen MR) is 111 cm³/mol. The number of thiazole rings is 1. The number of nitrogens with two attached hydrogens (primary N) is 2. The minimum atomic E-state index is -0.620. The first-order valence-corrected chi connectivity index (χ1v) is 9.86. The van der Waals surface area contributed by atoms with Gasteiger partial charge in [-0.1, -0.05) is 0 Å². The van der Waals surface area contributed by atoms with E-state index in [0.717, 1.165) is 11.3 Å². The fourth-order valence-corrected chi connectivity index (χ4v) is 3.32. The summed E-state index contributed by atoms with van der Waals surface area (Å²) in [6.07, 6.45) is 0.345. The normalized spacial score (nSPS) is 10.7. The molecule has 2 rings (SSSR count). The van der Waals surface area contributed by atoms with Crippen LogP contribution in [0, 0.1) is 17.0 Å². The largest absolute Gasteiger partial charge is 0.379 e. The Kier molecular flexibility index (Phi) is 8.80. The van der Waals surface area contributed by atoms with E-state index >= 15 is 0 Å². The summed E-state index contributed by atoms with van der Waals surface area (Å²) in [7, 11) is 0. The number of benzene rings is 1. The van der Waals surface area contributed by atoms with Gasteiger partial charge in [-0.05, 0) is 48.4 Å². The molecule has 162 valence electrons. The third-order valence-corrected chi connectivity index (χ3v) is 4.97. The highest BCUT2D eigenvalue weighted by atomic mass is 32.1. The Bertz CT molecular complexity index is 916. The lowest BCUT2D eigenvalue weighted by atomic mass is 10.0. The molecular weight excluding hydrogens is 414 g/mol. The number of hydrogen-bond donors (Lipinski definition) is 3. The Labute approximate surface area is 176 Å². The number of nitrogens with zero attached hydrogens (tertiary/aromatic N) is 2. The number of nitrogens with one attached hydrogen (secondary N) is 1. The van der Waals surface area contributed by atoms with Crippen LogP contribution in [-0.2, 0) is 15.9 Å². The zero-order valence-electron chi connectivity index (χ0n) is 16.4. The van der Waals surface area contributed by atoms with Gasteiger partial charge in [-0.3, -0.25) is 25.0 Å². The number of carbonyl (C=O) groups excluding carboxylic acids is 2. The van der Waals surface area contributed by atoms with Crippen molar-refractivity contribution in [2.75, 3.05) is 38.3 Å². The molecule has 0 atom stereocenters. The van der Waals surface area contributed by atoms with Crippen LogP contribution in [-0.4, -0.2) is 54.7 Å². The summed E-state index contributed by atoms with van der Waals surface area (Å²) in [6.45, 7) is 3.41. The number of hydrogen-bond acceptors (Lipinski definition) is 9. The van der Waals surface area contributed by atoms with E-state index in [4.69, 9.17) is 20.9 Å². The second-order valence-corrected chi connectivity index (χ2v) is 7.10. The second-order valence-electron chi connectivity index (χ2n) is 6.12. The number of nitro groups is 1. The molecule has 0 saturated carbocycles. The molecular formula is C18H23N5O6S. The van der Waals surface area contributed by atoms with Crippen molar-refractivity contribution in [3.05, 3.63) is 50.7 Å². The Balaban J connectivity index is 2.09. The van der Waals surface area contributed by atoms with Crippen molar-refractivity contribution in [3.63, 3.8) is 0 Å². The van der Waals surface area contributed by atoms with Crippen molar-refractivity contribution < 1.29 is 24.0 Å². The van der Waals surface area contributed by atoms with Gasteiger partial charge in [0.1, 0.15) is 5.69 Å². The van der Waals surface area contributed by atoms with Crippen molar-refractivity contribution in [1.82, 2.24) is 4.98 Å². The van der Waals surface area contributed by atoms with Crippen molar-refractivity contribution in [3.8, 4) is 0 Å². The molecule has 2 amide bonds. The summed E-state index contributed by atoms with van der Waals surface area (Å²) in [6, 6.07) is 4.45. The van der Waals surface area contributed by atoms with Gasteiger partial charge < -0.3 is 20.9 Å². The molecule has 0 bridgehead atoms. The summed E-state index contributed by atoms with van der Waals surface area (Å²) < 4.78 is 10.7. The fourth-order valence-electron chi connectivity index (χ4n) is 2.54. The second kappa shape index (κ2) is 11.3. The molecule has 1 aromatic carbocycles. The molecule has 0 unspecified atom stereocenters. The number of aromatic nitrogens is 1. The molecule has 5 N–H and O–H groups in total. The van der Waals surface area contributed by atoms with Gasteiger partial charge in [0.15, 0.2) is 5.13 Å². The first-order valence-electron chi connectivity index (χ1n) is 9.05. The number of primary amides is 1. The maximum atomic E-state index is 12.7. The average molecular weight is 437 g/mol. The van der Waals surface area contributed by atoms with Crippen LogP contribution >= 0.6 is 11.3 Å². The Morgan fingerprint density at radius 2 is 1.93 bits per heavy atom. The topological polar surface area (TPSA) is 173 Å². The first-order chi connectivity index (χ1) is 14.3. The van der Waals surface area contributed by atoms with E-state index in [1.165, 1.54) is 25.1 Å². The van der Waals surface area contributed by atoms with Gasteiger partial charge in [0.2, 0.25) is 5.91 Å². The highest BCUT2D eigenvalue weighted by Gasteiger charge is 2.20.